The van der Waals surface area contributed by atoms with Gasteiger partial charge in [0.1, 0.15) is 0 Å². The van der Waals surface area contributed by atoms with Crippen LogP contribution in [0.1, 0.15) is 16.7 Å². The fraction of sp³-hybridized carbons (Fsp3) is 0.0233. The summed E-state index contributed by atoms with van der Waals surface area (Å²) < 4.78 is 5.15. The summed E-state index contributed by atoms with van der Waals surface area (Å²) in [4.78, 5) is 10.1. The van der Waals surface area contributed by atoms with Gasteiger partial charge in [0.25, 0.3) is 0 Å². The largest absolute Gasteiger partial charge is 0.376 e. The summed E-state index contributed by atoms with van der Waals surface area (Å²) in [6, 6.07) is 120. The van der Waals surface area contributed by atoms with Crippen LogP contribution in [0, 0.1) is 6.92 Å². The highest BCUT2D eigenvalue weighted by atomic mass is 15.2. The van der Waals surface area contributed by atoms with E-state index in [0.29, 0.717) is 0 Å². The second-order valence-corrected chi connectivity index (χ2v) is 25.7. The molecule has 0 radical (unpaired) electrons. The quantitative estimate of drug-likeness (QED) is 0.127. The van der Waals surface area contributed by atoms with Gasteiger partial charge < -0.3 is 28.6 Å². The van der Waals surface area contributed by atoms with Crippen LogP contribution >= 0.6 is 0 Å². The van der Waals surface area contributed by atoms with Gasteiger partial charge in [0, 0.05) is 101 Å². The maximum atomic E-state index is 2.65. The molecule has 20 rings (SSSR count). The van der Waals surface area contributed by atoms with Crippen LogP contribution < -0.4 is 41.3 Å². The van der Waals surface area contributed by atoms with Crippen molar-refractivity contribution in [2.75, 3.05) is 19.4 Å². The average molecular weight is 1200 g/mol. The monoisotopic (exact) mass is 1200 g/mol. The van der Waals surface area contributed by atoms with Gasteiger partial charge in [-0.1, -0.05) is 194 Å². The van der Waals surface area contributed by atoms with E-state index >= 15 is 0 Å². The first-order valence-corrected chi connectivity index (χ1v) is 32.8. The van der Waals surface area contributed by atoms with Crippen molar-refractivity contribution in [1.82, 2.24) is 9.13 Å². The summed E-state index contributed by atoms with van der Waals surface area (Å²) in [6.07, 6.45) is 0.741. The highest BCUT2D eigenvalue weighted by molar-refractivity contribution is 6.94. The molecule has 2 aromatic heterocycles. The lowest BCUT2D eigenvalue weighted by atomic mass is 9.44. The lowest BCUT2D eigenvalue weighted by Gasteiger charge is -2.43. The van der Waals surface area contributed by atoms with Gasteiger partial charge in [-0.05, 0) is 190 Å². The third-order valence-electron chi connectivity index (χ3n) is 20.4. The van der Waals surface area contributed by atoms with Gasteiger partial charge in [-0.25, -0.2) is 0 Å². The van der Waals surface area contributed by atoms with Gasteiger partial charge in [-0.15, -0.1) is 0 Å². The molecule has 8 heteroatoms. The molecule has 6 nitrogen and oxygen atoms in total. The van der Waals surface area contributed by atoms with Crippen LogP contribution in [0.5, 0.6) is 0 Å². The van der Waals surface area contributed by atoms with E-state index in [1.165, 1.54) is 127 Å². The summed E-state index contributed by atoms with van der Waals surface area (Å²) in [5.41, 5.74) is 32.8. The zero-order valence-electron chi connectivity index (χ0n) is 51.6. The fourth-order valence-electron chi connectivity index (χ4n) is 16.7. The van der Waals surface area contributed by atoms with Crippen LogP contribution in [0.3, 0.4) is 0 Å². The molecule has 94 heavy (non-hydrogen) atoms. The Labute approximate surface area is 546 Å². The van der Waals surface area contributed by atoms with Crippen LogP contribution in [0.15, 0.2) is 322 Å². The molecule has 4 aliphatic heterocycles. The first-order chi connectivity index (χ1) is 46.6. The van der Waals surface area contributed by atoms with Gasteiger partial charge in [0.15, 0.2) is 0 Å². The van der Waals surface area contributed by atoms with Crippen LogP contribution in [-0.2, 0) is 6.42 Å². The van der Waals surface area contributed by atoms with Crippen molar-refractivity contribution in [2.24, 2.45) is 0 Å². The van der Waals surface area contributed by atoms with Crippen molar-refractivity contribution >= 4 is 136 Å². The SMILES string of the molecule is Cc1cc2c3c(c1)-n1c4ccccc4c4cccc(c41)B3N(c1ccc(Cc3cc4c5c(c3)-n3c6ccccc6c6cccc(c63)B5N(c3ccccc3)c3cc(N(c5ccccc5)c5ccccc5)ccc3-4)cc1)c1ccc(N(c3ccccc3)c3ccccc3)cc1-2. The first-order valence-electron chi connectivity index (χ1n) is 32.8. The zero-order valence-corrected chi connectivity index (χ0v) is 51.6. The average Bonchev–Trinajstić information content (AvgIpc) is 1.34. The van der Waals surface area contributed by atoms with Crippen molar-refractivity contribution in [3.8, 4) is 33.6 Å². The number of rotatable bonds is 10. The Morgan fingerprint density at radius 1 is 0.287 bits per heavy atom. The molecule has 438 valence electrons. The minimum atomic E-state index is -0.115. The second kappa shape index (κ2) is 20.5. The summed E-state index contributed by atoms with van der Waals surface area (Å²) in [6.45, 7) is 2.05. The molecule has 0 unspecified atom stereocenters. The Bertz CT molecular complexity index is 5670. The third kappa shape index (κ3) is 7.74. The first kappa shape index (κ1) is 52.7. The van der Waals surface area contributed by atoms with E-state index in [4.69, 9.17) is 0 Å². The number of nitrogens with zero attached hydrogens (tertiary/aromatic N) is 6. The highest BCUT2D eigenvalue weighted by Gasteiger charge is 2.46. The van der Waals surface area contributed by atoms with Gasteiger partial charge in [-0.3, -0.25) is 0 Å². The molecule has 0 saturated carbocycles. The van der Waals surface area contributed by atoms with Crippen LogP contribution in [-0.4, -0.2) is 22.8 Å². The molecule has 14 aromatic carbocycles. The second-order valence-electron chi connectivity index (χ2n) is 25.7. The molecular formula is C86H58B2N6. The van der Waals surface area contributed by atoms with Crippen LogP contribution in [0.4, 0.5) is 56.9 Å². The summed E-state index contributed by atoms with van der Waals surface area (Å²) in [5.74, 6) is 0. The van der Waals surface area contributed by atoms with Crippen LogP contribution in [0.25, 0.3) is 77.2 Å². The number of benzene rings is 14. The molecule has 6 heterocycles. The minimum Gasteiger partial charge on any atom is -0.376 e. The van der Waals surface area contributed by atoms with Gasteiger partial charge in [0.2, 0.25) is 0 Å². The summed E-state index contributed by atoms with van der Waals surface area (Å²) in [7, 11) is 0. The number of anilines is 10. The van der Waals surface area contributed by atoms with Crippen molar-refractivity contribution in [1.29, 1.82) is 0 Å². The van der Waals surface area contributed by atoms with Crippen molar-refractivity contribution in [2.45, 2.75) is 13.3 Å². The van der Waals surface area contributed by atoms with E-state index in [0.717, 1.165) is 51.9 Å². The Morgan fingerprint density at radius 2 is 0.734 bits per heavy atom. The number of aromatic nitrogens is 2. The Kier molecular flexibility index (Phi) is 11.5. The maximum Gasteiger partial charge on any atom is 0.333 e. The standard InChI is InChI=1S/C86H58B2N6/c1-56-49-73-72-54-65(89(59-23-7-2-8-24-59)60-25-9-3-10-26-60)46-48-79(72)93(87-75-37-21-35-70-67-33-17-19-39-77(67)91(85(70)75)81(50-56)83(73)87)64-43-41-57(42-44-64)51-58-52-74-69-47-45-66(90(61-27-11-4-12-28-61)62-29-13-5-14-30-62)55-80(69)94(63-31-15-6-16-32-63)88-76-38-22-36-71-68-34-18-20-40-78(68)92(86(71)76)82(53-58)84(74)88/h2-50,52-55H,51H2,1H3. The molecule has 0 spiro atoms. The third-order valence-corrected chi connectivity index (χ3v) is 20.4. The summed E-state index contributed by atoms with van der Waals surface area (Å²) >= 11 is 0. The molecule has 0 amide bonds. The molecule has 0 atom stereocenters. The number of fused-ring (bicyclic) bond motifs is 14. The van der Waals surface area contributed by atoms with E-state index in [-0.39, 0.29) is 13.7 Å². The summed E-state index contributed by atoms with van der Waals surface area (Å²) in [5, 5.41) is 5.09. The predicted octanol–water partition coefficient (Wildman–Crippen LogP) is 19.2. The normalized spacial score (nSPS) is 12.9. The Hall–Kier alpha value is -12.0. The minimum absolute atomic E-state index is 0.101. The lowest BCUT2D eigenvalue weighted by Crippen LogP contribution is -2.60. The van der Waals surface area contributed by atoms with Crippen molar-refractivity contribution < 1.29 is 0 Å². The fourth-order valence-corrected chi connectivity index (χ4v) is 16.7. The molecular weight excluding hydrogens is 1140 g/mol. The van der Waals surface area contributed by atoms with E-state index in [9.17, 15) is 0 Å². The van der Waals surface area contributed by atoms with E-state index in [1.54, 1.807) is 0 Å². The number of hydrogen-bond donors (Lipinski definition) is 0. The molecule has 0 bridgehead atoms. The topological polar surface area (TPSA) is 22.8 Å². The lowest BCUT2D eigenvalue weighted by molar-refractivity contribution is 1.14. The van der Waals surface area contributed by atoms with Gasteiger partial charge in [0.05, 0.1) is 22.1 Å². The predicted molar refractivity (Wildman–Crippen MR) is 397 cm³/mol. The zero-order chi connectivity index (χ0) is 61.7. The highest BCUT2D eigenvalue weighted by Crippen LogP contribution is 2.50. The molecule has 0 saturated heterocycles. The number of aryl methyl sites for hydroxylation is 1. The molecule has 0 N–H and O–H groups in total. The molecule has 0 fully saturated rings. The molecule has 0 aliphatic carbocycles. The maximum absolute atomic E-state index is 2.65. The Morgan fingerprint density at radius 3 is 1.29 bits per heavy atom. The van der Waals surface area contributed by atoms with Crippen molar-refractivity contribution in [3.05, 3.63) is 338 Å². The smallest absolute Gasteiger partial charge is 0.333 e. The molecule has 16 aromatic rings. The van der Waals surface area contributed by atoms with E-state index in [1.807, 2.05) is 0 Å². The molecule has 4 aliphatic rings. The van der Waals surface area contributed by atoms with Crippen molar-refractivity contribution in [3.63, 3.8) is 0 Å². The number of para-hydroxylation sites is 9. The van der Waals surface area contributed by atoms with E-state index < -0.39 is 0 Å². The van der Waals surface area contributed by atoms with E-state index in [2.05, 4.69) is 357 Å². The van der Waals surface area contributed by atoms with Crippen LogP contribution in [0.2, 0.25) is 0 Å². The van der Waals surface area contributed by atoms with Gasteiger partial charge >= 0.3 is 13.7 Å². The van der Waals surface area contributed by atoms with Gasteiger partial charge in [-0.2, -0.15) is 0 Å². The Balaban J connectivity index is 0.769. The number of hydrogen-bond acceptors (Lipinski definition) is 4.